The predicted molar refractivity (Wildman–Crippen MR) is 109 cm³/mol. The maximum absolute atomic E-state index is 12.7. The molecule has 1 N–H and O–H groups in total. The fraction of sp³-hybridized carbons (Fsp3) is 0.600. The molecule has 30 heavy (non-hydrogen) atoms. The molecular weight excluding hydrogens is 388 g/mol. The number of ether oxygens (including phenoxy) is 1. The zero-order chi connectivity index (χ0) is 21.7. The maximum Gasteiger partial charge on any atom is 0.261 e. The standard InChI is InChI=1S/C20H30N6O4/c1-14-16(15(2)30-23-14)5-6-18(27)21-7-8-25-9-11-26(12-10-25)20(28)17-13-24(3)22-19(17)29-4/h13H,5-12H2,1-4H3,(H,21,27). The summed E-state index contributed by atoms with van der Waals surface area (Å²) in [5.74, 6) is 1.08. The van der Waals surface area contributed by atoms with E-state index in [9.17, 15) is 9.59 Å². The fourth-order valence-corrected chi connectivity index (χ4v) is 3.65. The normalized spacial score (nSPS) is 14.7. The van der Waals surface area contributed by atoms with E-state index >= 15 is 0 Å². The van der Waals surface area contributed by atoms with Crippen LogP contribution in [-0.4, -0.2) is 82.9 Å². The molecule has 0 spiro atoms. The molecule has 2 aromatic rings. The largest absolute Gasteiger partial charge is 0.479 e. The quantitative estimate of drug-likeness (QED) is 0.667. The predicted octanol–water partition coefficient (Wildman–Crippen LogP) is 0.540. The molecule has 1 aliphatic heterocycles. The van der Waals surface area contributed by atoms with Gasteiger partial charge in [-0.05, 0) is 20.3 Å². The van der Waals surface area contributed by atoms with Crippen LogP contribution < -0.4 is 10.1 Å². The first kappa shape index (κ1) is 21.8. The molecule has 1 aliphatic rings. The van der Waals surface area contributed by atoms with Crippen LogP contribution in [0.5, 0.6) is 5.88 Å². The third-order valence-electron chi connectivity index (χ3n) is 5.41. The average Bonchev–Trinajstić information content (AvgIpc) is 3.27. The van der Waals surface area contributed by atoms with Crippen molar-refractivity contribution in [1.29, 1.82) is 0 Å². The molecule has 0 saturated carbocycles. The van der Waals surface area contributed by atoms with Crippen molar-refractivity contribution in [2.45, 2.75) is 26.7 Å². The summed E-state index contributed by atoms with van der Waals surface area (Å²) >= 11 is 0. The van der Waals surface area contributed by atoms with Crippen LogP contribution >= 0.6 is 0 Å². The van der Waals surface area contributed by atoms with Crippen LogP contribution in [0.2, 0.25) is 0 Å². The summed E-state index contributed by atoms with van der Waals surface area (Å²) in [4.78, 5) is 28.9. The molecule has 0 aromatic carbocycles. The minimum absolute atomic E-state index is 0.0208. The van der Waals surface area contributed by atoms with E-state index in [1.165, 1.54) is 7.11 Å². The number of hydrogen-bond acceptors (Lipinski definition) is 7. The summed E-state index contributed by atoms with van der Waals surface area (Å²) in [6.07, 6.45) is 2.73. The van der Waals surface area contributed by atoms with E-state index < -0.39 is 0 Å². The second-order valence-electron chi connectivity index (χ2n) is 7.51. The second-order valence-corrected chi connectivity index (χ2v) is 7.51. The van der Waals surface area contributed by atoms with Crippen molar-refractivity contribution in [3.8, 4) is 5.88 Å². The molecule has 0 aliphatic carbocycles. The highest BCUT2D eigenvalue weighted by Gasteiger charge is 2.26. The van der Waals surface area contributed by atoms with Gasteiger partial charge in [0.1, 0.15) is 11.3 Å². The highest BCUT2D eigenvalue weighted by Crippen LogP contribution is 2.18. The Balaban J connectivity index is 1.36. The number of aryl methyl sites for hydroxylation is 3. The first-order valence-electron chi connectivity index (χ1n) is 10.2. The molecule has 3 heterocycles. The molecule has 10 heteroatoms. The zero-order valence-electron chi connectivity index (χ0n) is 18.1. The Labute approximate surface area is 176 Å². The summed E-state index contributed by atoms with van der Waals surface area (Å²) in [5, 5.41) is 11.0. The lowest BCUT2D eigenvalue weighted by molar-refractivity contribution is -0.121. The number of carbonyl (C=O) groups is 2. The third kappa shape index (κ3) is 5.18. The van der Waals surface area contributed by atoms with Crippen LogP contribution in [0.15, 0.2) is 10.7 Å². The van der Waals surface area contributed by atoms with Crippen molar-refractivity contribution in [1.82, 2.24) is 30.1 Å². The molecule has 2 aromatic heterocycles. The van der Waals surface area contributed by atoms with Crippen molar-refractivity contribution >= 4 is 11.8 Å². The monoisotopic (exact) mass is 418 g/mol. The Bertz CT molecular complexity index is 862. The first-order chi connectivity index (χ1) is 14.4. The second kappa shape index (κ2) is 9.75. The van der Waals surface area contributed by atoms with E-state index in [2.05, 4.69) is 20.5 Å². The van der Waals surface area contributed by atoms with Gasteiger partial charge < -0.3 is 19.5 Å². The van der Waals surface area contributed by atoms with Gasteiger partial charge in [-0.1, -0.05) is 5.16 Å². The number of hydrogen-bond donors (Lipinski definition) is 1. The van der Waals surface area contributed by atoms with Crippen molar-refractivity contribution < 1.29 is 18.8 Å². The zero-order valence-corrected chi connectivity index (χ0v) is 18.1. The summed E-state index contributed by atoms with van der Waals surface area (Å²) in [7, 11) is 3.28. The van der Waals surface area contributed by atoms with E-state index in [1.807, 2.05) is 18.7 Å². The van der Waals surface area contributed by atoms with Gasteiger partial charge in [0.05, 0.1) is 12.8 Å². The minimum Gasteiger partial charge on any atom is -0.479 e. The van der Waals surface area contributed by atoms with Gasteiger partial charge >= 0.3 is 0 Å². The van der Waals surface area contributed by atoms with Crippen LogP contribution in [0.4, 0.5) is 0 Å². The van der Waals surface area contributed by atoms with Crippen LogP contribution in [0.25, 0.3) is 0 Å². The van der Waals surface area contributed by atoms with Crippen LogP contribution in [0.3, 0.4) is 0 Å². The van der Waals surface area contributed by atoms with E-state index in [1.54, 1.807) is 17.9 Å². The van der Waals surface area contributed by atoms with Gasteiger partial charge in [0.2, 0.25) is 11.8 Å². The van der Waals surface area contributed by atoms with Gasteiger partial charge in [-0.25, -0.2) is 0 Å². The average molecular weight is 418 g/mol. The number of nitrogens with one attached hydrogen (secondary N) is 1. The number of methoxy groups -OCH3 is 1. The van der Waals surface area contributed by atoms with Crippen molar-refractivity contribution in [3.63, 3.8) is 0 Å². The highest BCUT2D eigenvalue weighted by molar-refractivity contribution is 5.96. The molecule has 2 amide bonds. The lowest BCUT2D eigenvalue weighted by Gasteiger charge is -2.34. The van der Waals surface area contributed by atoms with Gasteiger partial charge in [0, 0.05) is 64.5 Å². The number of aromatic nitrogens is 3. The van der Waals surface area contributed by atoms with Crippen LogP contribution in [-0.2, 0) is 18.3 Å². The van der Waals surface area contributed by atoms with Crippen molar-refractivity contribution in [2.24, 2.45) is 7.05 Å². The topological polar surface area (TPSA) is 106 Å². The summed E-state index contributed by atoms with van der Waals surface area (Å²) in [6, 6.07) is 0. The van der Waals surface area contributed by atoms with Crippen molar-refractivity contribution in [2.75, 3.05) is 46.4 Å². The highest BCUT2D eigenvalue weighted by atomic mass is 16.5. The number of rotatable bonds is 8. The summed E-state index contributed by atoms with van der Waals surface area (Å²) in [6.45, 7) is 7.90. The molecule has 0 bridgehead atoms. The van der Waals surface area contributed by atoms with E-state index in [-0.39, 0.29) is 11.8 Å². The Kier molecular flexibility index (Phi) is 7.09. The van der Waals surface area contributed by atoms with Gasteiger partial charge in [0.25, 0.3) is 5.91 Å². The molecule has 0 atom stereocenters. The molecule has 3 rings (SSSR count). The summed E-state index contributed by atoms with van der Waals surface area (Å²) < 4.78 is 11.9. The maximum atomic E-state index is 12.7. The first-order valence-corrected chi connectivity index (χ1v) is 10.2. The van der Waals surface area contributed by atoms with Gasteiger partial charge in [-0.3, -0.25) is 19.2 Å². The smallest absolute Gasteiger partial charge is 0.261 e. The van der Waals surface area contributed by atoms with Gasteiger partial charge in [-0.15, -0.1) is 5.10 Å². The number of carbonyl (C=O) groups excluding carboxylic acids is 2. The Hall–Kier alpha value is -2.88. The van der Waals surface area contributed by atoms with Crippen LogP contribution in [0, 0.1) is 13.8 Å². The van der Waals surface area contributed by atoms with E-state index in [4.69, 9.17) is 9.26 Å². The Morgan fingerprint density at radius 1 is 1.23 bits per heavy atom. The van der Waals surface area contributed by atoms with Crippen molar-refractivity contribution in [3.05, 3.63) is 28.8 Å². The molecule has 164 valence electrons. The molecule has 1 fully saturated rings. The lowest BCUT2D eigenvalue weighted by atomic mass is 10.1. The third-order valence-corrected chi connectivity index (χ3v) is 5.41. The minimum atomic E-state index is -0.0628. The molecule has 0 unspecified atom stereocenters. The molecule has 10 nitrogen and oxygen atoms in total. The van der Waals surface area contributed by atoms with Gasteiger partial charge in [0.15, 0.2) is 0 Å². The molecular formula is C20H30N6O4. The molecule has 1 saturated heterocycles. The van der Waals surface area contributed by atoms with E-state index in [0.717, 1.165) is 36.7 Å². The lowest BCUT2D eigenvalue weighted by Crippen LogP contribution is -2.50. The van der Waals surface area contributed by atoms with E-state index in [0.29, 0.717) is 43.9 Å². The van der Waals surface area contributed by atoms with Gasteiger partial charge in [-0.2, -0.15) is 0 Å². The van der Waals surface area contributed by atoms with Crippen LogP contribution in [0.1, 0.15) is 33.8 Å². The fourth-order valence-electron chi connectivity index (χ4n) is 3.65. The molecule has 0 radical (unpaired) electrons. The number of nitrogens with zero attached hydrogens (tertiary/aromatic N) is 5. The Morgan fingerprint density at radius 2 is 1.97 bits per heavy atom. The summed E-state index contributed by atoms with van der Waals surface area (Å²) in [5.41, 5.74) is 2.34. The number of piperazine rings is 1. The number of amides is 2. The Morgan fingerprint density at radius 3 is 2.60 bits per heavy atom. The SMILES string of the molecule is COc1nn(C)cc1C(=O)N1CCN(CCNC(=O)CCc2c(C)noc2C)CC1.